The average Bonchev–Trinajstić information content (AvgIpc) is 2.42. The lowest BCUT2D eigenvalue weighted by Crippen LogP contribution is -2.32. The molecule has 1 heterocycles. The van der Waals surface area contributed by atoms with Crippen LogP contribution in [0.25, 0.3) is 0 Å². The summed E-state index contributed by atoms with van der Waals surface area (Å²) in [5.41, 5.74) is -0.120. The first-order valence-corrected chi connectivity index (χ1v) is 5.01. The molecule has 0 aromatic heterocycles. The predicted octanol–water partition coefficient (Wildman–Crippen LogP) is 1.64. The van der Waals surface area contributed by atoms with E-state index in [4.69, 9.17) is 11.6 Å². The van der Waals surface area contributed by atoms with Gasteiger partial charge in [0.25, 0.3) is 0 Å². The Balaban J connectivity index is 2.51. The number of carbonyl (C=O) groups is 2. The lowest BCUT2D eigenvalue weighted by Gasteiger charge is -2.21. The van der Waals surface area contributed by atoms with E-state index in [9.17, 15) is 9.59 Å². The molecule has 1 atom stereocenters. The highest BCUT2D eigenvalue weighted by atomic mass is 35.5. The lowest BCUT2D eigenvalue weighted by molar-refractivity contribution is -0.126. The summed E-state index contributed by atoms with van der Waals surface area (Å²) in [6.45, 7) is 1.73. The predicted molar refractivity (Wildman–Crippen MR) is 56.6 cm³/mol. The number of hydrogen-bond donors (Lipinski definition) is 1. The molecule has 1 aromatic carbocycles. The summed E-state index contributed by atoms with van der Waals surface area (Å²) >= 11 is 6.02. The van der Waals surface area contributed by atoms with Crippen molar-refractivity contribution in [2.45, 2.75) is 18.8 Å². The Morgan fingerprint density at radius 2 is 2.00 bits per heavy atom. The van der Waals surface area contributed by atoms with Crippen LogP contribution in [0.2, 0.25) is 5.02 Å². The van der Waals surface area contributed by atoms with Gasteiger partial charge in [-0.3, -0.25) is 14.9 Å². The molecule has 4 heteroatoms. The molecule has 3 nitrogen and oxygen atoms in total. The van der Waals surface area contributed by atoms with E-state index in [1.54, 1.807) is 25.1 Å². The second-order valence-electron chi connectivity index (χ2n) is 3.87. The molecule has 1 N–H and O–H groups in total. The van der Waals surface area contributed by atoms with E-state index in [1.165, 1.54) is 0 Å². The van der Waals surface area contributed by atoms with Crippen LogP contribution in [-0.4, -0.2) is 11.8 Å². The SMILES string of the molecule is CC1(c2ccccc2Cl)CC(=O)NC1=O. The number of benzene rings is 1. The fraction of sp³-hybridized carbons (Fsp3) is 0.273. The Kier molecular flexibility index (Phi) is 2.27. The Morgan fingerprint density at radius 3 is 2.53 bits per heavy atom. The van der Waals surface area contributed by atoms with E-state index in [1.807, 2.05) is 6.07 Å². The quantitative estimate of drug-likeness (QED) is 0.736. The second-order valence-corrected chi connectivity index (χ2v) is 4.27. The van der Waals surface area contributed by atoms with Crippen LogP contribution >= 0.6 is 11.6 Å². The Morgan fingerprint density at radius 1 is 1.33 bits per heavy atom. The van der Waals surface area contributed by atoms with Crippen molar-refractivity contribution >= 4 is 23.4 Å². The summed E-state index contributed by atoms with van der Waals surface area (Å²) in [4.78, 5) is 22.8. The third-order valence-corrected chi connectivity index (χ3v) is 3.07. The topological polar surface area (TPSA) is 46.2 Å². The van der Waals surface area contributed by atoms with Crippen molar-refractivity contribution in [3.63, 3.8) is 0 Å². The number of amides is 2. The molecule has 1 aromatic rings. The van der Waals surface area contributed by atoms with Crippen LogP contribution in [0.1, 0.15) is 18.9 Å². The first kappa shape index (κ1) is 10.2. The van der Waals surface area contributed by atoms with Crippen molar-refractivity contribution in [2.75, 3.05) is 0 Å². The smallest absolute Gasteiger partial charge is 0.237 e. The molecule has 1 aliphatic rings. The van der Waals surface area contributed by atoms with E-state index < -0.39 is 5.41 Å². The number of hydrogen-bond acceptors (Lipinski definition) is 2. The van der Waals surface area contributed by atoms with E-state index in [0.717, 1.165) is 0 Å². The molecule has 2 rings (SSSR count). The van der Waals surface area contributed by atoms with Gasteiger partial charge >= 0.3 is 0 Å². The number of nitrogens with one attached hydrogen (secondary N) is 1. The minimum Gasteiger partial charge on any atom is -0.296 e. The molecule has 2 amide bonds. The van der Waals surface area contributed by atoms with Gasteiger partial charge < -0.3 is 0 Å². The van der Waals surface area contributed by atoms with Gasteiger partial charge in [-0.25, -0.2) is 0 Å². The zero-order valence-corrected chi connectivity index (χ0v) is 8.97. The van der Waals surface area contributed by atoms with E-state index in [0.29, 0.717) is 10.6 Å². The van der Waals surface area contributed by atoms with Crippen LogP contribution in [0, 0.1) is 0 Å². The maximum atomic E-state index is 11.7. The minimum absolute atomic E-state index is 0.162. The molecule has 1 saturated heterocycles. The van der Waals surface area contributed by atoms with Crippen molar-refractivity contribution in [2.24, 2.45) is 0 Å². The summed E-state index contributed by atoms with van der Waals surface area (Å²) < 4.78 is 0. The van der Waals surface area contributed by atoms with Crippen molar-refractivity contribution in [1.29, 1.82) is 0 Å². The van der Waals surface area contributed by atoms with Gasteiger partial charge in [0.1, 0.15) is 0 Å². The number of imide groups is 1. The molecule has 0 saturated carbocycles. The van der Waals surface area contributed by atoms with Crippen LogP contribution in [0.4, 0.5) is 0 Å². The van der Waals surface area contributed by atoms with Gasteiger partial charge in [-0.2, -0.15) is 0 Å². The normalized spacial score (nSPS) is 25.5. The fourth-order valence-electron chi connectivity index (χ4n) is 1.84. The molecular formula is C11H10ClNO2. The van der Waals surface area contributed by atoms with Crippen molar-refractivity contribution in [1.82, 2.24) is 5.32 Å². The average molecular weight is 224 g/mol. The standard InChI is InChI=1S/C11H10ClNO2/c1-11(6-9(14)13-10(11)15)7-4-2-3-5-8(7)12/h2-5H,6H2,1H3,(H,13,14,15). The molecule has 1 aliphatic heterocycles. The van der Waals surface area contributed by atoms with Crippen molar-refractivity contribution < 1.29 is 9.59 Å². The first-order chi connectivity index (χ1) is 7.04. The summed E-state index contributed by atoms with van der Waals surface area (Å²) in [5.74, 6) is -0.525. The van der Waals surface area contributed by atoms with Gasteiger partial charge in [-0.1, -0.05) is 29.8 Å². The molecule has 0 radical (unpaired) electrons. The fourth-order valence-corrected chi connectivity index (χ4v) is 2.18. The molecule has 1 unspecified atom stereocenters. The van der Waals surface area contributed by atoms with Gasteiger partial charge in [-0.15, -0.1) is 0 Å². The van der Waals surface area contributed by atoms with Gasteiger partial charge in [0, 0.05) is 11.4 Å². The minimum atomic E-state index is -0.824. The molecular weight excluding hydrogens is 214 g/mol. The Hall–Kier alpha value is -1.35. The summed E-state index contributed by atoms with van der Waals surface area (Å²) in [6.07, 6.45) is 0.162. The van der Waals surface area contributed by atoms with E-state index >= 15 is 0 Å². The molecule has 78 valence electrons. The van der Waals surface area contributed by atoms with Crippen molar-refractivity contribution in [3.05, 3.63) is 34.9 Å². The maximum absolute atomic E-state index is 11.7. The molecule has 0 spiro atoms. The van der Waals surface area contributed by atoms with Crippen LogP contribution in [0.3, 0.4) is 0 Å². The zero-order chi connectivity index (χ0) is 11.1. The highest BCUT2D eigenvalue weighted by Crippen LogP contribution is 2.35. The summed E-state index contributed by atoms with van der Waals surface area (Å²) in [6, 6.07) is 7.10. The first-order valence-electron chi connectivity index (χ1n) is 4.63. The number of halogens is 1. The monoisotopic (exact) mass is 223 g/mol. The summed E-state index contributed by atoms with van der Waals surface area (Å²) in [7, 11) is 0. The molecule has 1 fully saturated rings. The molecule has 0 bridgehead atoms. The highest BCUT2D eigenvalue weighted by molar-refractivity contribution is 6.32. The maximum Gasteiger partial charge on any atom is 0.237 e. The molecule has 15 heavy (non-hydrogen) atoms. The van der Waals surface area contributed by atoms with Crippen LogP contribution in [0.5, 0.6) is 0 Å². The summed E-state index contributed by atoms with van der Waals surface area (Å²) in [5, 5.41) is 2.81. The zero-order valence-electron chi connectivity index (χ0n) is 8.21. The van der Waals surface area contributed by atoms with E-state index in [-0.39, 0.29) is 18.2 Å². The van der Waals surface area contributed by atoms with E-state index in [2.05, 4.69) is 5.32 Å². The van der Waals surface area contributed by atoms with Gasteiger partial charge in [0.15, 0.2) is 0 Å². The van der Waals surface area contributed by atoms with Crippen LogP contribution < -0.4 is 5.32 Å². The number of rotatable bonds is 1. The molecule has 0 aliphatic carbocycles. The van der Waals surface area contributed by atoms with Gasteiger partial charge in [0.2, 0.25) is 11.8 Å². The lowest BCUT2D eigenvalue weighted by atomic mass is 9.81. The van der Waals surface area contributed by atoms with Crippen LogP contribution in [0.15, 0.2) is 24.3 Å². The Bertz CT molecular complexity index is 444. The number of carbonyl (C=O) groups excluding carboxylic acids is 2. The highest BCUT2D eigenvalue weighted by Gasteiger charge is 2.44. The third kappa shape index (κ3) is 1.53. The van der Waals surface area contributed by atoms with Gasteiger partial charge in [-0.05, 0) is 18.6 Å². The largest absolute Gasteiger partial charge is 0.296 e. The van der Waals surface area contributed by atoms with Gasteiger partial charge in [0.05, 0.1) is 5.41 Å². The van der Waals surface area contributed by atoms with Crippen molar-refractivity contribution in [3.8, 4) is 0 Å². The third-order valence-electron chi connectivity index (χ3n) is 2.74. The van der Waals surface area contributed by atoms with Crippen LogP contribution in [-0.2, 0) is 15.0 Å². The Labute approximate surface area is 92.4 Å². The second kappa shape index (κ2) is 3.35.